The molecule has 1 aromatic rings. The second kappa shape index (κ2) is 6.44. The lowest BCUT2D eigenvalue weighted by atomic mass is 9.80. The molecule has 3 unspecified atom stereocenters. The van der Waals surface area contributed by atoms with Gasteiger partial charge >= 0.3 is 0 Å². The second-order valence-electron chi connectivity index (χ2n) is 5.60. The molecular formula is C15H19ClINO. The highest BCUT2D eigenvalue weighted by Gasteiger charge is 2.26. The first-order valence-electron chi connectivity index (χ1n) is 6.73. The molecule has 19 heavy (non-hydrogen) atoms. The Hall–Kier alpha value is -0.290. The topological polar surface area (TPSA) is 29.1 Å². The lowest BCUT2D eigenvalue weighted by molar-refractivity contribution is 0.0899. The highest BCUT2D eigenvalue weighted by atomic mass is 127. The zero-order chi connectivity index (χ0) is 14.0. The third-order valence-electron chi connectivity index (χ3n) is 3.93. The summed E-state index contributed by atoms with van der Waals surface area (Å²) in [6.45, 7) is 4.51. The van der Waals surface area contributed by atoms with Gasteiger partial charge in [0.2, 0.25) is 0 Å². The van der Waals surface area contributed by atoms with Gasteiger partial charge in [-0.25, -0.2) is 0 Å². The van der Waals surface area contributed by atoms with Crippen LogP contribution in [0.2, 0.25) is 5.02 Å². The van der Waals surface area contributed by atoms with E-state index in [-0.39, 0.29) is 5.91 Å². The summed E-state index contributed by atoms with van der Waals surface area (Å²) in [5, 5.41) is 3.79. The Morgan fingerprint density at radius 2 is 2.11 bits per heavy atom. The van der Waals surface area contributed by atoms with Crippen molar-refractivity contribution in [2.75, 3.05) is 0 Å². The highest BCUT2D eigenvalue weighted by molar-refractivity contribution is 14.1. The Morgan fingerprint density at radius 1 is 1.37 bits per heavy atom. The van der Waals surface area contributed by atoms with Crippen molar-refractivity contribution in [2.45, 2.75) is 39.2 Å². The minimum absolute atomic E-state index is 0.00953. The quantitative estimate of drug-likeness (QED) is 0.739. The molecule has 2 rings (SSSR count). The third kappa shape index (κ3) is 3.85. The largest absolute Gasteiger partial charge is 0.349 e. The zero-order valence-corrected chi connectivity index (χ0v) is 14.2. The van der Waals surface area contributed by atoms with Crippen molar-refractivity contribution >= 4 is 40.1 Å². The molecule has 0 radical (unpaired) electrons. The number of hydrogen-bond donors (Lipinski definition) is 1. The van der Waals surface area contributed by atoms with Crippen LogP contribution in [-0.2, 0) is 0 Å². The molecule has 104 valence electrons. The van der Waals surface area contributed by atoms with E-state index in [9.17, 15) is 4.79 Å². The predicted molar refractivity (Wildman–Crippen MR) is 87.6 cm³/mol. The summed E-state index contributed by atoms with van der Waals surface area (Å²) in [5.41, 5.74) is 0.649. The molecule has 1 aliphatic rings. The fourth-order valence-electron chi connectivity index (χ4n) is 2.77. The van der Waals surface area contributed by atoms with Crippen molar-refractivity contribution in [3.63, 3.8) is 0 Å². The molecule has 1 aliphatic carbocycles. The van der Waals surface area contributed by atoms with E-state index in [1.54, 1.807) is 6.07 Å². The maximum absolute atomic E-state index is 12.2. The molecule has 0 heterocycles. The van der Waals surface area contributed by atoms with E-state index in [2.05, 4.69) is 41.8 Å². The monoisotopic (exact) mass is 391 g/mol. The number of nitrogens with one attached hydrogen (secondary N) is 1. The van der Waals surface area contributed by atoms with Crippen molar-refractivity contribution in [1.29, 1.82) is 0 Å². The van der Waals surface area contributed by atoms with E-state index in [0.29, 0.717) is 22.5 Å². The first-order valence-corrected chi connectivity index (χ1v) is 8.19. The first kappa shape index (κ1) is 15.1. The van der Waals surface area contributed by atoms with E-state index in [1.807, 2.05) is 12.1 Å². The fraction of sp³-hybridized carbons (Fsp3) is 0.533. The molecule has 0 bridgehead atoms. The van der Waals surface area contributed by atoms with E-state index in [0.717, 1.165) is 15.9 Å². The summed E-state index contributed by atoms with van der Waals surface area (Å²) >= 11 is 8.22. The fourth-order valence-corrected chi connectivity index (χ4v) is 3.28. The number of halogens is 2. The van der Waals surface area contributed by atoms with E-state index in [4.69, 9.17) is 11.6 Å². The van der Waals surface area contributed by atoms with Crippen LogP contribution in [0.15, 0.2) is 18.2 Å². The molecule has 1 saturated carbocycles. The molecule has 4 heteroatoms. The van der Waals surface area contributed by atoms with Crippen LogP contribution in [0.4, 0.5) is 0 Å². The molecule has 0 spiro atoms. The Bertz CT molecular complexity index is 477. The summed E-state index contributed by atoms with van der Waals surface area (Å²) in [6.07, 6.45) is 3.47. The molecule has 2 nitrogen and oxygen atoms in total. The van der Waals surface area contributed by atoms with Gasteiger partial charge in [0.05, 0.1) is 5.02 Å². The average Bonchev–Trinajstić information content (AvgIpc) is 2.36. The van der Waals surface area contributed by atoms with E-state index in [1.165, 1.54) is 12.8 Å². The van der Waals surface area contributed by atoms with Crippen LogP contribution < -0.4 is 5.32 Å². The SMILES string of the molecule is CC1CCC(NC(=O)c2ccc(I)c(Cl)c2)C(C)C1. The van der Waals surface area contributed by atoms with Crippen molar-refractivity contribution in [3.8, 4) is 0 Å². The lowest BCUT2D eigenvalue weighted by Gasteiger charge is -2.33. The van der Waals surface area contributed by atoms with Gasteiger partial charge in [0, 0.05) is 15.2 Å². The van der Waals surface area contributed by atoms with Gasteiger partial charge in [0.25, 0.3) is 5.91 Å². The van der Waals surface area contributed by atoms with Crippen LogP contribution in [0.3, 0.4) is 0 Å². The minimum Gasteiger partial charge on any atom is -0.349 e. The van der Waals surface area contributed by atoms with Crippen LogP contribution in [0.25, 0.3) is 0 Å². The van der Waals surface area contributed by atoms with E-state index < -0.39 is 0 Å². The maximum atomic E-state index is 12.2. The van der Waals surface area contributed by atoms with E-state index >= 15 is 0 Å². The zero-order valence-electron chi connectivity index (χ0n) is 11.2. The van der Waals surface area contributed by atoms with Crippen LogP contribution in [0.1, 0.15) is 43.5 Å². The molecule has 0 saturated heterocycles. The van der Waals surface area contributed by atoms with Gasteiger partial charge in [-0.15, -0.1) is 0 Å². The normalized spacial score (nSPS) is 27.1. The summed E-state index contributed by atoms with van der Waals surface area (Å²) in [5.74, 6) is 1.31. The van der Waals surface area contributed by atoms with Crippen molar-refractivity contribution in [3.05, 3.63) is 32.4 Å². The lowest BCUT2D eigenvalue weighted by Crippen LogP contribution is -2.42. The van der Waals surface area contributed by atoms with Gasteiger partial charge in [0.15, 0.2) is 0 Å². The number of amides is 1. The molecule has 1 amide bonds. The molecule has 0 aliphatic heterocycles. The number of carbonyl (C=O) groups excluding carboxylic acids is 1. The maximum Gasteiger partial charge on any atom is 0.251 e. The number of carbonyl (C=O) groups is 1. The van der Waals surface area contributed by atoms with Gasteiger partial charge < -0.3 is 5.32 Å². The van der Waals surface area contributed by atoms with Gasteiger partial charge in [-0.3, -0.25) is 4.79 Å². The van der Waals surface area contributed by atoms with Gasteiger partial charge in [-0.2, -0.15) is 0 Å². The van der Waals surface area contributed by atoms with Crippen molar-refractivity contribution < 1.29 is 4.79 Å². The standard InChI is InChI=1S/C15H19ClINO/c1-9-3-6-14(10(2)7-9)18-15(19)11-4-5-13(17)12(16)8-11/h4-5,8-10,14H,3,6-7H2,1-2H3,(H,18,19). The molecule has 3 atom stereocenters. The average molecular weight is 392 g/mol. The molecule has 1 N–H and O–H groups in total. The van der Waals surface area contributed by atoms with Crippen LogP contribution in [0.5, 0.6) is 0 Å². The Kier molecular flexibility index (Phi) is 5.12. The molecular weight excluding hydrogens is 373 g/mol. The van der Waals surface area contributed by atoms with Gasteiger partial charge in [-0.05, 0) is 71.9 Å². The van der Waals surface area contributed by atoms with Gasteiger partial charge in [0.1, 0.15) is 0 Å². The Balaban J connectivity index is 2.02. The molecule has 0 aromatic heterocycles. The molecule has 1 fully saturated rings. The van der Waals surface area contributed by atoms with Crippen molar-refractivity contribution in [2.24, 2.45) is 11.8 Å². The second-order valence-corrected chi connectivity index (χ2v) is 7.17. The molecule has 1 aromatic carbocycles. The predicted octanol–water partition coefficient (Wildman–Crippen LogP) is 4.50. The number of rotatable bonds is 2. The summed E-state index contributed by atoms with van der Waals surface area (Å²) < 4.78 is 0.968. The first-order chi connectivity index (χ1) is 8.97. The summed E-state index contributed by atoms with van der Waals surface area (Å²) in [6, 6.07) is 5.75. The smallest absolute Gasteiger partial charge is 0.251 e. The van der Waals surface area contributed by atoms with Crippen molar-refractivity contribution in [1.82, 2.24) is 5.32 Å². The van der Waals surface area contributed by atoms with Crippen LogP contribution in [0, 0.1) is 15.4 Å². The van der Waals surface area contributed by atoms with Crippen LogP contribution in [-0.4, -0.2) is 11.9 Å². The number of hydrogen-bond acceptors (Lipinski definition) is 1. The highest BCUT2D eigenvalue weighted by Crippen LogP contribution is 2.29. The van der Waals surface area contributed by atoms with Crippen LogP contribution >= 0.6 is 34.2 Å². The Labute approximate surface area is 133 Å². The summed E-state index contributed by atoms with van der Waals surface area (Å²) in [4.78, 5) is 12.2. The van der Waals surface area contributed by atoms with Gasteiger partial charge in [-0.1, -0.05) is 25.4 Å². The third-order valence-corrected chi connectivity index (χ3v) is 5.50. The summed E-state index contributed by atoms with van der Waals surface area (Å²) in [7, 11) is 0. The number of benzene rings is 1. The minimum atomic E-state index is -0.00953. The Morgan fingerprint density at radius 3 is 2.74 bits per heavy atom.